The standard InChI is InChI=1S/C24H31N7O4/c1-24(2,3)35-23(33)30-21-14-11-31(12-15(14)21)20-10-27-18(9-28-20)22(32)29-17-6-13(8-26-4)16(25)7-19(17)34-5/h6-10,14-15,21,25-26H,11-12H2,1-5H3,(H,29,32)(H,30,33)/b13-8-,25-16?. The summed E-state index contributed by atoms with van der Waals surface area (Å²) < 4.78 is 10.6. The molecule has 2 unspecified atom stereocenters. The zero-order chi connectivity index (χ0) is 25.3. The monoisotopic (exact) mass is 481 g/mol. The zero-order valence-corrected chi connectivity index (χ0v) is 20.5. The van der Waals surface area contributed by atoms with Gasteiger partial charge in [0, 0.05) is 55.9 Å². The van der Waals surface area contributed by atoms with Crippen LogP contribution in [0.5, 0.6) is 0 Å². The maximum atomic E-state index is 12.8. The summed E-state index contributed by atoms with van der Waals surface area (Å²) in [4.78, 5) is 35.6. The van der Waals surface area contributed by atoms with Crippen molar-refractivity contribution in [1.29, 1.82) is 5.41 Å². The number of methoxy groups -OCH3 is 1. The van der Waals surface area contributed by atoms with Gasteiger partial charge in [0.05, 0.1) is 30.9 Å². The number of rotatable bonds is 6. The molecule has 2 amide bonds. The van der Waals surface area contributed by atoms with Crippen LogP contribution in [0.1, 0.15) is 31.3 Å². The van der Waals surface area contributed by atoms with E-state index >= 15 is 0 Å². The third-order valence-electron chi connectivity index (χ3n) is 5.99. The van der Waals surface area contributed by atoms with E-state index in [0.717, 1.165) is 13.1 Å². The van der Waals surface area contributed by atoms with E-state index in [4.69, 9.17) is 14.9 Å². The molecule has 2 aliphatic carbocycles. The van der Waals surface area contributed by atoms with Crippen LogP contribution in [0.15, 0.2) is 47.8 Å². The molecule has 1 saturated heterocycles. The second kappa shape index (κ2) is 9.40. The summed E-state index contributed by atoms with van der Waals surface area (Å²) in [6.45, 7) is 7.04. The van der Waals surface area contributed by atoms with Gasteiger partial charge in [0.25, 0.3) is 5.91 Å². The zero-order valence-electron chi connectivity index (χ0n) is 20.5. The Kier molecular flexibility index (Phi) is 6.51. The molecule has 11 nitrogen and oxygen atoms in total. The number of allylic oxidation sites excluding steroid dienone is 3. The molecule has 2 fully saturated rings. The van der Waals surface area contributed by atoms with E-state index in [2.05, 4.69) is 30.8 Å². The van der Waals surface area contributed by atoms with Crippen molar-refractivity contribution in [3.05, 3.63) is 53.5 Å². The topological polar surface area (TPSA) is 142 Å². The highest BCUT2D eigenvalue weighted by atomic mass is 16.6. The predicted molar refractivity (Wildman–Crippen MR) is 130 cm³/mol. The van der Waals surface area contributed by atoms with Gasteiger partial charge in [0.15, 0.2) is 0 Å². The summed E-state index contributed by atoms with van der Waals surface area (Å²) in [5, 5.41) is 16.7. The number of alkyl carbamates (subject to hydrolysis) is 1. The first-order valence-corrected chi connectivity index (χ1v) is 11.4. The number of anilines is 1. The Labute approximate surface area is 204 Å². The number of nitrogens with zero attached hydrogens (tertiary/aromatic N) is 3. The number of aromatic nitrogens is 2. The number of piperidine rings is 1. The molecule has 1 aromatic heterocycles. The number of hydrogen-bond donors (Lipinski definition) is 4. The molecule has 2 atom stereocenters. The Morgan fingerprint density at radius 3 is 2.46 bits per heavy atom. The molecule has 4 N–H and O–H groups in total. The number of nitrogens with one attached hydrogen (secondary N) is 4. The van der Waals surface area contributed by atoms with Gasteiger partial charge in [-0.15, -0.1) is 0 Å². The minimum absolute atomic E-state index is 0.120. The van der Waals surface area contributed by atoms with Crippen LogP contribution in [0.4, 0.5) is 10.6 Å². The molecule has 3 aliphatic rings. The van der Waals surface area contributed by atoms with Gasteiger partial charge in [0.2, 0.25) is 0 Å². The Hall–Kier alpha value is -3.89. The SMILES string of the molecule is CN/C=C1/C=C(NC(=O)c2cnc(N3CC4C(C3)C4NC(=O)OC(C)(C)C)cn2)C(OC)=CC1=N. The fourth-order valence-electron chi connectivity index (χ4n) is 4.30. The summed E-state index contributed by atoms with van der Waals surface area (Å²) >= 11 is 0. The molecule has 1 aliphatic heterocycles. The van der Waals surface area contributed by atoms with Crippen molar-refractivity contribution in [2.24, 2.45) is 11.8 Å². The average molecular weight is 482 g/mol. The number of ether oxygens (including phenoxy) is 2. The van der Waals surface area contributed by atoms with Crippen molar-refractivity contribution in [1.82, 2.24) is 25.9 Å². The number of hydrogen-bond acceptors (Lipinski definition) is 9. The van der Waals surface area contributed by atoms with Crippen LogP contribution < -0.4 is 20.9 Å². The van der Waals surface area contributed by atoms with E-state index < -0.39 is 11.5 Å². The van der Waals surface area contributed by atoms with E-state index in [-0.39, 0.29) is 23.5 Å². The molecule has 0 aromatic carbocycles. The maximum absolute atomic E-state index is 12.8. The van der Waals surface area contributed by atoms with Gasteiger partial charge in [-0.25, -0.2) is 14.8 Å². The second-order valence-corrected chi connectivity index (χ2v) is 9.69. The van der Waals surface area contributed by atoms with Crippen molar-refractivity contribution < 1.29 is 19.1 Å². The lowest BCUT2D eigenvalue weighted by Gasteiger charge is -2.23. The van der Waals surface area contributed by atoms with Gasteiger partial charge >= 0.3 is 6.09 Å². The average Bonchev–Trinajstić information content (AvgIpc) is 3.22. The fraction of sp³-hybridized carbons (Fsp3) is 0.458. The van der Waals surface area contributed by atoms with Gasteiger partial charge in [-0.3, -0.25) is 4.79 Å². The second-order valence-electron chi connectivity index (χ2n) is 9.69. The summed E-state index contributed by atoms with van der Waals surface area (Å²) in [7, 11) is 3.22. The van der Waals surface area contributed by atoms with Gasteiger partial charge in [-0.1, -0.05) is 0 Å². The fourth-order valence-corrected chi connectivity index (χ4v) is 4.30. The highest BCUT2D eigenvalue weighted by Gasteiger charge is 2.57. The Morgan fingerprint density at radius 1 is 1.17 bits per heavy atom. The van der Waals surface area contributed by atoms with Crippen molar-refractivity contribution in [2.45, 2.75) is 32.4 Å². The van der Waals surface area contributed by atoms with Crippen LogP contribution in [0.3, 0.4) is 0 Å². The van der Waals surface area contributed by atoms with E-state index in [0.29, 0.717) is 34.7 Å². The lowest BCUT2D eigenvalue weighted by atomic mass is 10.0. The Balaban J connectivity index is 1.33. The molecule has 0 spiro atoms. The molecular formula is C24H31N7O4. The number of fused-ring (bicyclic) bond motifs is 1. The van der Waals surface area contributed by atoms with Crippen LogP contribution in [-0.2, 0) is 9.47 Å². The smallest absolute Gasteiger partial charge is 0.407 e. The van der Waals surface area contributed by atoms with Crippen LogP contribution in [0, 0.1) is 17.2 Å². The van der Waals surface area contributed by atoms with Crippen molar-refractivity contribution >= 4 is 23.5 Å². The highest BCUT2D eigenvalue weighted by molar-refractivity contribution is 6.10. The number of amides is 2. The molecular weight excluding hydrogens is 450 g/mol. The normalized spacial score (nSPS) is 24.3. The van der Waals surface area contributed by atoms with E-state index in [1.807, 2.05) is 20.8 Å². The molecule has 4 rings (SSSR count). The summed E-state index contributed by atoms with van der Waals surface area (Å²) in [5.41, 5.74) is 0.957. The minimum Gasteiger partial charge on any atom is -0.494 e. The summed E-state index contributed by atoms with van der Waals surface area (Å²) in [6, 6.07) is 0.120. The minimum atomic E-state index is -0.520. The summed E-state index contributed by atoms with van der Waals surface area (Å²) in [6.07, 6.45) is 7.51. The highest BCUT2D eigenvalue weighted by Crippen LogP contribution is 2.46. The van der Waals surface area contributed by atoms with Crippen molar-refractivity contribution in [3.63, 3.8) is 0 Å². The lowest BCUT2D eigenvalue weighted by molar-refractivity contribution is 0.0518. The first-order chi connectivity index (χ1) is 16.6. The van der Waals surface area contributed by atoms with Crippen LogP contribution in [0.25, 0.3) is 0 Å². The van der Waals surface area contributed by atoms with E-state index in [1.165, 1.54) is 19.4 Å². The molecule has 35 heavy (non-hydrogen) atoms. The van der Waals surface area contributed by atoms with Gasteiger partial charge in [-0.2, -0.15) is 0 Å². The summed E-state index contributed by atoms with van der Waals surface area (Å²) in [5.74, 6) is 1.34. The predicted octanol–water partition coefficient (Wildman–Crippen LogP) is 1.72. The lowest BCUT2D eigenvalue weighted by Crippen LogP contribution is -2.38. The molecule has 1 saturated carbocycles. The van der Waals surface area contributed by atoms with Crippen LogP contribution in [-0.4, -0.2) is 66.6 Å². The molecule has 0 radical (unpaired) electrons. The maximum Gasteiger partial charge on any atom is 0.407 e. The largest absolute Gasteiger partial charge is 0.494 e. The van der Waals surface area contributed by atoms with Gasteiger partial charge in [-0.05, 0) is 26.8 Å². The first kappa shape index (κ1) is 24.2. The Morgan fingerprint density at radius 2 is 1.89 bits per heavy atom. The molecule has 186 valence electrons. The quantitative estimate of drug-likeness (QED) is 0.481. The van der Waals surface area contributed by atoms with Gasteiger partial charge < -0.3 is 35.7 Å². The van der Waals surface area contributed by atoms with Crippen molar-refractivity contribution in [3.8, 4) is 0 Å². The molecule has 11 heteroatoms. The number of carbonyl (C=O) groups is 2. The van der Waals surface area contributed by atoms with Crippen LogP contribution >= 0.6 is 0 Å². The molecule has 0 bridgehead atoms. The third-order valence-corrected chi connectivity index (χ3v) is 5.99. The van der Waals surface area contributed by atoms with Crippen LogP contribution in [0.2, 0.25) is 0 Å². The molecule has 2 heterocycles. The third kappa shape index (κ3) is 5.44. The molecule has 1 aromatic rings. The first-order valence-electron chi connectivity index (χ1n) is 11.4. The van der Waals surface area contributed by atoms with E-state index in [1.54, 1.807) is 25.5 Å². The Bertz CT molecular complexity index is 1110. The van der Waals surface area contributed by atoms with Gasteiger partial charge in [0.1, 0.15) is 22.9 Å². The van der Waals surface area contributed by atoms with E-state index in [9.17, 15) is 9.59 Å². The van der Waals surface area contributed by atoms with Crippen molar-refractivity contribution in [2.75, 3.05) is 32.1 Å². The number of carbonyl (C=O) groups excluding carboxylic acids is 2.